The minimum absolute atomic E-state index is 0.0162. The first kappa shape index (κ1) is 15.0. The molecule has 0 bridgehead atoms. The summed E-state index contributed by atoms with van der Waals surface area (Å²) in [5.41, 5.74) is 5.71. The van der Waals surface area contributed by atoms with Crippen LogP contribution in [0.5, 0.6) is 0 Å². The lowest BCUT2D eigenvalue weighted by molar-refractivity contribution is 0.0949. The predicted molar refractivity (Wildman–Crippen MR) is 97.5 cm³/mol. The van der Waals surface area contributed by atoms with E-state index in [1.165, 1.54) is 22.2 Å². The molecule has 3 nitrogen and oxygen atoms in total. The molecule has 1 amide bonds. The van der Waals surface area contributed by atoms with Gasteiger partial charge in [0.1, 0.15) is 0 Å². The summed E-state index contributed by atoms with van der Waals surface area (Å²) in [5, 5.41) is 4.45. The van der Waals surface area contributed by atoms with Crippen LogP contribution in [0.1, 0.15) is 40.0 Å². The Balaban J connectivity index is 1.58. The van der Waals surface area contributed by atoms with Gasteiger partial charge in [-0.3, -0.25) is 4.79 Å². The van der Waals surface area contributed by atoms with Crippen molar-refractivity contribution in [2.45, 2.75) is 32.1 Å². The molecule has 122 valence electrons. The molecule has 0 saturated heterocycles. The minimum Gasteiger partial charge on any atom is -0.358 e. The van der Waals surface area contributed by atoms with Gasteiger partial charge in [0.05, 0.1) is 0 Å². The molecule has 1 fully saturated rings. The summed E-state index contributed by atoms with van der Waals surface area (Å²) in [6.07, 6.45) is 2.26. The van der Waals surface area contributed by atoms with Gasteiger partial charge in [-0.15, -0.1) is 0 Å². The molecule has 3 aromatic rings. The van der Waals surface area contributed by atoms with Crippen LogP contribution in [-0.4, -0.2) is 17.4 Å². The van der Waals surface area contributed by atoms with Crippen molar-refractivity contribution in [3.63, 3.8) is 0 Å². The smallest absolute Gasteiger partial charge is 0.251 e. The molecule has 0 aliphatic heterocycles. The summed E-state index contributed by atoms with van der Waals surface area (Å²) < 4.78 is 0. The molecular weight excluding hydrogens is 296 g/mol. The van der Waals surface area contributed by atoms with Crippen LogP contribution >= 0.6 is 0 Å². The summed E-state index contributed by atoms with van der Waals surface area (Å²) in [5.74, 6) is 0.0162. The number of carbonyl (C=O) groups is 1. The number of para-hydroxylation sites is 1. The predicted octanol–water partition coefficient (Wildman–Crippen LogP) is 4.25. The lowest BCUT2D eigenvalue weighted by Crippen LogP contribution is -2.32. The van der Waals surface area contributed by atoms with Crippen molar-refractivity contribution >= 4 is 16.8 Å². The number of aromatic nitrogens is 1. The van der Waals surface area contributed by atoms with Crippen LogP contribution in [-0.2, 0) is 5.41 Å². The van der Waals surface area contributed by atoms with Crippen molar-refractivity contribution in [2.75, 3.05) is 6.54 Å². The van der Waals surface area contributed by atoms with Gasteiger partial charge in [0, 0.05) is 34.1 Å². The molecule has 1 aromatic heterocycles. The zero-order valence-corrected chi connectivity index (χ0v) is 14.1. The Morgan fingerprint density at radius 1 is 1.12 bits per heavy atom. The fraction of sp³-hybridized carbons (Fsp3) is 0.286. The number of hydrogen-bond donors (Lipinski definition) is 2. The SMILES string of the molecule is Cc1cccc(C(=O)NCC2(c3c(C)[nH]c4ccccc34)CC2)c1. The summed E-state index contributed by atoms with van der Waals surface area (Å²) in [4.78, 5) is 16.0. The van der Waals surface area contributed by atoms with Crippen LogP contribution in [0.15, 0.2) is 48.5 Å². The number of benzene rings is 2. The van der Waals surface area contributed by atoms with Crippen molar-refractivity contribution in [3.05, 3.63) is 70.9 Å². The topological polar surface area (TPSA) is 44.9 Å². The molecule has 1 heterocycles. The van der Waals surface area contributed by atoms with Crippen LogP contribution in [0.3, 0.4) is 0 Å². The van der Waals surface area contributed by atoms with Gasteiger partial charge in [-0.25, -0.2) is 0 Å². The maximum atomic E-state index is 12.5. The molecule has 0 radical (unpaired) electrons. The molecule has 1 saturated carbocycles. The van der Waals surface area contributed by atoms with E-state index in [1.807, 2.05) is 31.2 Å². The summed E-state index contributed by atoms with van der Waals surface area (Å²) in [6.45, 7) is 4.84. The molecule has 0 atom stereocenters. The highest BCUT2D eigenvalue weighted by Gasteiger charge is 2.46. The van der Waals surface area contributed by atoms with Crippen molar-refractivity contribution < 1.29 is 4.79 Å². The lowest BCUT2D eigenvalue weighted by atomic mass is 9.92. The van der Waals surface area contributed by atoms with E-state index in [0.29, 0.717) is 6.54 Å². The van der Waals surface area contributed by atoms with Gasteiger partial charge < -0.3 is 10.3 Å². The summed E-state index contributed by atoms with van der Waals surface area (Å²) in [7, 11) is 0. The number of carbonyl (C=O) groups excluding carboxylic acids is 1. The zero-order valence-electron chi connectivity index (χ0n) is 14.1. The molecule has 2 aromatic carbocycles. The Kier molecular flexibility index (Phi) is 3.45. The Labute approximate surface area is 142 Å². The Morgan fingerprint density at radius 2 is 1.92 bits per heavy atom. The third-order valence-corrected chi connectivity index (χ3v) is 5.15. The normalized spacial score (nSPS) is 15.4. The van der Waals surface area contributed by atoms with E-state index in [9.17, 15) is 4.79 Å². The fourth-order valence-electron chi connectivity index (χ4n) is 3.76. The second-order valence-electron chi connectivity index (χ2n) is 7.00. The molecule has 3 heteroatoms. The van der Waals surface area contributed by atoms with Crippen molar-refractivity contribution in [2.24, 2.45) is 0 Å². The maximum Gasteiger partial charge on any atom is 0.251 e. The quantitative estimate of drug-likeness (QED) is 0.742. The molecule has 0 unspecified atom stereocenters. The van der Waals surface area contributed by atoms with Crippen LogP contribution in [0.4, 0.5) is 0 Å². The Morgan fingerprint density at radius 3 is 2.67 bits per heavy atom. The highest BCUT2D eigenvalue weighted by atomic mass is 16.1. The summed E-state index contributed by atoms with van der Waals surface area (Å²) >= 11 is 0. The highest BCUT2D eigenvalue weighted by molar-refractivity contribution is 5.94. The number of aromatic amines is 1. The second-order valence-corrected chi connectivity index (χ2v) is 7.00. The van der Waals surface area contributed by atoms with Crippen LogP contribution in [0.2, 0.25) is 0 Å². The average molecular weight is 318 g/mol. The van der Waals surface area contributed by atoms with E-state index in [4.69, 9.17) is 0 Å². The zero-order chi connectivity index (χ0) is 16.7. The third kappa shape index (κ3) is 2.50. The molecule has 1 aliphatic rings. The standard InChI is InChI=1S/C21H22N2O/c1-14-6-5-7-16(12-14)20(24)22-13-21(10-11-21)19-15(2)23-18-9-4-3-8-17(18)19/h3-9,12,23H,10-11,13H2,1-2H3,(H,22,24). The van der Waals surface area contributed by atoms with Crippen molar-refractivity contribution in [3.8, 4) is 0 Å². The van der Waals surface area contributed by atoms with Crippen LogP contribution < -0.4 is 5.32 Å². The van der Waals surface area contributed by atoms with Gasteiger partial charge in [-0.05, 0) is 50.5 Å². The second kappa shape index (κ2) is 5.52. The first-order chi connectivity index (χ1) is 11.6. The molecule has 2 N–H and O–H groups in total. The number of nitrogens with one attached hydrogen (secondary N) is 2. The Hall–Kier alpha value is -2.55. The monoisotopic (exact) mass is 318 g/mol. The maximum absolute atomic E-state index is 12.5. The van der Waals surface area contributed by atoms with Crippen LogP contribution in [0.25, 0.3) is 10.9 Å². The molecule has 1 aliphatic carbocycles. The van der Waals surface area contributed by atoms with Gasteiger partial charge in [0.15, 0.2) is 0 Å². The van der Waals surface area contributed by atoms with Gasteiger partial charge >= 0.3 is 0 Å². The van der Waals surface area contributed by atoms with Crippen molar-refractivity contribution in [1.29, 1.82) is 0 Å². The number of rotatable bonds is 4. The van der Waals surface area contributed by atoms with E-state index in [1.54, 1.807) is 0 Å². The van der Waals surface area contributed by atoms with E-state index < -0.39 is 0 Å². The number of hydrogen-bond acceptors (Lipinski definition) is 1. The van der Waals surface area contributed by atoms with E-state index >= 15 is 0 Å². The summed E-state index contributed by atoms with van der Waals surface area (Å²) in [6, 6.07) is 16.2. The van der Waals surface area contributed by atoms with Crippen molar-refractivity contribution in [1.82, 2.24) is 10.3 Å². The van der Waals surface area contributed by atoms with Crippen LogP contribution in [0, 0.1) is 13.8 Å². The molecule has 4 rings (SSSR count). The first-order valence-electron chi connectivity index (χ1n) is 8.52. The average Bonchev–Trinajstić information content (AvgIpc) is 3.27. The third-order valence-electron chi connectivity index (χ3n) is 5.15. The van der Waals surface area contributed by atoms with E-state index in [-0.39, 0.29) is 11.3 Å². The number of aryl methyl sites for hydroxylation is 2. The molecule has 0 spiro atoms. The van der Waals surface area contributed by atoms with Gasteiger partial charge in [0.2, 0.25) is 0 Å². The number of amides is 1. The molecular formula is C21H22N2O. The van der Waals surface area contributed by atoms with Gasteiger partial charge in [0.25, 0.3) is 5.91 Å². The van der Waals surface area contributed by atoms with Gasteiger partial charge in [-0.1, -0.05) is 35.9 Å². The van der Waals surface area contributed by atoms with Gasteiger partial charge in [-0.2, -0.15) is 0 Å². The highest BCUT2D eigenvalue weighted by Crippen LogP contribution is 2.51. The minimum atomic E-state index is 0.0162. The molecule has 24 heavy (non-hydrogen) atoms. The number of H-pyrrole nitrogens is 1. The van der Waals surface area contributed by atoms with E-state index in [0.717, 1.165) is 24.0 Å². The lowest BCUT2D eigenvalue weighted by Gasteiger charge is -2.17. The van der Waals surface area contributed by atoms with E-state index in [2.05, 4.69) is 41.5 Å². The Bertz CT molecular complexity index is 918. The fourth-order valence-corrected chi connectivity index (χ4v) is 3.76. The number of fused-ring (bicyclic) bond motifs is 1. The largest absolute Gasteiger partial charge is 0.358 e. The first-order valence-corrected chi connectivity index (χ1v) is 8.52.